The minimum atomic E-state index is -0.120. The number of hydrogen-bond acceptors (Lipinski definition) is 2. The summed E-state index contributed by atoms with van der Waals surface area (Å²) >= 11 is 0. The molecule has 0 heterocycles. The topological polar surface area (TPSA) is 32.3 Å². The maximum Gasteiger partial charge on any atom is 0.0692 e. The third-order valence-electron chi connectivity index (χ3n) is 4.91. The van der Waals surface area contributed by atoms with Crippen LogP contribution >= 0.6 is 0 Å². The molecular weight excluding hydrogens is 198 g/mol. The van der Waals surface area contributed by atoms with Gasteiger partial charge in [0.2, 0.25) is 0 Å². The fraction of sp³-hybridized carbons (Fsp3) is 1.00. The lowest BCUT2D eigenvalue weighted by Gasteiger charge is -2.29. The van der Waals surface area contributed by atoms with Gasteiger partial charge in [0.25, 0.3) is 0 Å². The van der Waals surface area contributed by atoms with E-state index in [1.165, 1.54) is 44.9 Å². The van der Waals surface area contributed by atoms with E-state index in [-0.39, 0.29) is 6.10 Å². The maximum atomic E-state index is 10.1. The summed E-state index contributed by atoms with van der Waals surface area (Å²) in [6, 6.07) is 0.561. The first-order chi connectivity index (χ1) is 7.62. The van der Waals surface area contributed by atoms with Crippen LogP contribution in [0.5, 0.6) is 0 Å². The summed E-state index contributed by atoms with van der Waals surface area (Å²) in [5, 5.41) is 13.7. The van der Waals surface area contributed by atoms with Crippen LogP contribution in [0.4, 0.5) is 0 Å². The first kappa shape index (κ1) is 12.4. The van der Waals surface area contributed by atoms with Gasteiger partial charge in [0.1, 0.15) is 0 Å². The summed E-state index contributed by atoms with van der Waals surface area (Å²) in [5.41, 5.74) is 0.520. The van der Waals surface area contributed by atoms with Crippen LogP contribution in [0.1, 0.15) is 58.8 Å². The van der Waals surface area contributed by atoms with Crippen molar-refractivity contribution in [3.05, 3.63) is 0 Å². The van der Waals surface area contributed by atoms with Crippen LogP contribution in [0.25, 0.3) is 0 Å². The Morgan fingerprint density at radius 2 is 1.88 bits per heavy atom. The van der Waals surface area contributed by atoms with Gasteiger partial charge in [-0.05, 0) is 43.9 Å². The van der Waals surface area contributed by atoms with Crippen molar-refractivity contribution in [3.63, 3.8) is 0 Å². The highest BCUT2D eigenvalue weighted by atomic mass is 16.3. The Morgan fingerprint density at radius 3 is 2.44 bits per heavy atom. The summed E-state index contributed by atoms with van der Waals surface area (Å²) in [6.07, 6.45) is 9.03. The largest absolute Gasteiger partial charge is 0.392 e. The lowest BCUT2D eigenvalue weighted by atomic mass is 9.85. The smallest absolute Gasteiger partial charge is 0.0692 e. The second kappa shape index (κ2) is 5.05. The van der Waals surface area contributed by atoms with E-state index in [2.05, 4.69) is 19.2 Å². The molecule has 0 amide bonds. The molecule has 0 aromatic rings. The molecule has 2 nitrogen and oxygen atoms in total. The molecule has 2 saturated carbocycles. The van der Waals surface area contributed by atoms with Crippen LogP contribution in [0.2, 0.25) is 0 Å². The van der Waals surface area contributed by atoms with Gasteiger partial charge in [-0.3, -0.25) is 0 Å². The molecule has 0 radical (unpaired) electrons. The molecule has 0 aromatic carbocycles. The number of hydrogen-bond donors (Lipinski definition) is 2. The van der Waals surface area contributed by atoms with Crippen molar-refractivity contribution < 1.29 is 5.11 Å². The van der Waals surface area contributed by atoms with E-state index >= 15 is 0 Å². The molecule has 2 fully saturated rings. The van der Waals surface area contributed by atoms with Crippen molar-refractivity contribution in [1.82, 2.24) is 5.32 Å². The highest BCUT2D eigenvalue weighted by Gasteiger charge is 2.42. The van der Waals surface area contributed by atoms with Gasteiger partial charge >= 0.3 is 0 Å². The first-order valence-corrected chi connectivity index (χ1v) is 7.03. The number of rotatable bonds is 5. The van der Waals surface area contributed by atoms with E-state index in [1.54, 1.807) is 0 Å². The Kier molecular flexibility index (Phi) is 3.91. The van der Waals surface area contributed by atoms with Crippen molar-refractivity contribution >= 4 is 0 Å². The molecule has 0 aromatic heterocycles. The zero-order valence-corrected chi connectivity index (χ0v) is 10.8. The van der Waals surface area contributed by atoms with E-state index < -0.39 is 0 Å². The molecule has 2 N–H and O–H groups in total. The molecule has 2 rings (SSSR count). The average molecular weight is 225 g/mol. The molecule has 2 unspecified atom stereocenters. The Hall–Kier alpha value is -0.0800. The van der Waals surface area contributed by atoms with Crippen molar-refractivity contribution in [2.45, 2.75) is 70.9 Å². The quantitative estimate of drug-likeness (QED) is 0.754. The van der Waals surface area contributed by atoms with Gasteiger partial charge < -0.3 is 10.4 Å². The zero-order valence-electron chi connectivity index (χ0n) is 10.8. The molecule has 0 aliphatic heterocycles. The average Bonchev–Trinajstić information content (AvgIpc) is 3.06. The summed E-state index contributed by atoms with van der Waals surface area (Å²) in [5.74, 6) is 0.556. The zero-order chi connectivity index (χ0) is 11.6. The summed E-state index contributed by atoms with van der Waals surface area (Å²) in [6.45, 7) is 5.40. The normalized spacial score (nSPS) is 28.7. The van der Waals surface area contributed by atoms with Crippen molar-refractivity contribution in [3.8, 4) is 0 Å². The van der Waals surface area contributed by atoms with E-state index in [1.807, 2.05) is 0 Å². The van der Waals surface area contributed by atoms with Crippen LogP contribution in [0.15, 0.2) is 0 Å². The number of aliphatic hydroxyl groups is 1. The molecule has 2 heteroatoms. The summed E-state index contributed by atoms with van der Waals surface area (Å²) < 4.78 is 0. The van der Waals surface area contributed by atoms with Gasteiger partial charge in [-0.1, -0.05) is 26.2 Å². The number of nitrogens with one attached hydrogen (secondary N) is 1. The van der Waals surface area contributed by atoms with Crippen LogP contribution < -0.4 is 5.32 Å². The van der Waals surface area contributed by atoms with Crippen molar-refractivity contribution in [1.29, 1.82) is 0 Å². The van der Waals surface area contributed by atoms with Gasteiger partial charge in [0, 0.05) is 12.6 Å². The second-order valence-corrected chi connectivity index (χ2v) is 6.25. The minimum Gasteiger partial charge on any atom is -0.392 e. The predicted molar refractivity (Wildman–Crippen MR) is 67.4 cm³/mol. The monoisotopic (exact) mass is 225 g/mol. The van der Waals surface area contributed by atoms with Gasteiger partial charge in [-0.2, -0.15) is 0 Å². The van der Waals surface area contributed by atoms with E-state index in [4.69, 9.17) is 0 Å². The van der Waals surface area contributed by atoms with E-state index in [9.17, 15) is 5.11 Å². The highest BCUT2D eigenvalue weighted by molar-refractivity contribution is 4.96. The third-order valence-corrected chi connectivity index (χ3v) is 4.91. The van der Waals surface area contributed by atoms with Gasteiger partial charge in [0.05, 0.1) is 6.10 Å². The minimum absolute atomic E-state index is 0.120. The fourth-order valence-corrected chi connectivity index (χ4v) is 2.86. The second-order valence-electron chi connectivity index (χ2n) is 6.25. The Labute approximate surface area is 99.8 Å². The van der Waals surface area contributed by atoms with Crippen LogP contribution in [0, 0.1) is 11.3 Å². The van der Waals surface area contributed by atoms with Crippen molar-refractivity contribution in [2.24, 2.45) is 11.3 Å². The molecule has 2 atom stereocenters. The van der Waals surface area contributed by atoms with Crippen molar-refractivity contribution in [2.75, 3.05) is 6.54 Å². The molecule has 16 heavy (non-hydrogen) atoms. The standard InChI is InChI=1S/C14H27NO/c1-11(14(2)8-9-14)15-10-13(16)12-6-4-3-5-7-12/h11-13,15-16H,3-10H2,1-2H3. The molecule has 0 bridgehead atoms. The van der Waals surface area contributed by atoms with Crippen LogP contribution in [-0.4, -0.2) is 23.8 Å². The van der Waals surface area contributed by atoms with Gasteiger partial charge in [0.15, 0.2) is 0 Å². The molecule has 2 aliphatic rings. The predicted octanol–water partition coefficient (Wildman–Crippen LogP) is 2.71. The van der Waals surface area contributed by atoms with Crippen LogP contribution in [0.3, 0.4) is 0 Å². The Morgan fingerprint density at radius 1 is 1.25 bits per heavy atom. The maximum absolute atomic E-state index is 10.1. The first-order valence-electron chi connectivity index (χ1n) is 7.03. The fourth-order valence-electron chi connectivity index (χ4n) is 2.86. The lowest BCUT2D eigenvalue weighted by molar-refractivity contribution is 0.0794. The Bertz CT molecular complexity index is 219. The SMILES string of the molecule is CC(NCC(O)C1CCCCC1)C1(C)CC1. The molecule has 94 valence electrons. The van der Waals surface area contributed by atoms with E-state index in [0.29, 0.717) is 17.4 Å². The molecule has 2 aliphatic carbocycles. The molecular formula is C14H27NO. The third kappa shape index (κ3) is 2.98. The lowest BCUT2D eigenvalue weighted by Crippen LogP contribution is -2.41. The number of aliphatic hydroxyl groups excluding tert-OH is 1. The molecule has 0 spiro atoms. The Balaban J connectivity index is 1.68. The van der Waals surface area contributed by atoms with E-state index in [0.717, 1.165) is 6.54 Å². The highest BCUT2D eigenvalue weighted by Crippen LogP contribution is 2.47. The van der Waals surface area contributed by atoms with Gasteiger partial charge in [-0.25, -0.2) is 0 Å². The van der Waals surface area contributed by atoms with Crippen LogP contribution in [-0.2, 0) is 0 Å². The molecule has 0 saturated heterocycles. The summed E-state index contributed by atoms with van der Waals surface area (Å²) in [4.78, 5) is 0. The summed E-state index contributed by atoms with van der Waals surface area (Å²) in [7, 11) is 0. The van der Waals surface area contributed by atoms with Gasteiger partial charge in [-0.15, -0.1) is 0 Å².